The number of carbonyl (C=O) groups is 1. The second kappa shape index (κ2) is 5.05. The number of nitrogens with zero attached hydrogens (tertiary/aromatic N) is 2. The fraction of sp³-hybridized carbons (Fsp3) is 0.182. The fourth-order valence-electron chi connectivity index (χ4n) is 1.42. The molecule has 7 heteroatoms. The van der Waals surface area contributed by atoms with E-state index >= 15 is 0 Å². The van der Waals surface area contributed by atoms with E-state index in [0.717, 1.165) is 0 Å². The smallest absolute Gasteiger partial charge is 0.251 e. The highest BCUT2D eigenvalue weighted by atomic mass is 35.5. The third-order valence-electron chi connectivity index (χ3n) is 2.16. The number of aromatic nitrogens is 2. The molecule has 0 saturated heterocycles. The van der Waals surface area contributed by atoms with E-state index in [2.05, 4.69) is 15.5 Å². The lowest BCUT2D eigenvalue weighted by atomic mass is 10.2. The number of hydrogen-bond acceptors (Lipinski definition) is 5. The van der Waals surface area contributed by atoms with E-state index in [1.54, 1.807) is 19.1 Å². The molecule has 0 radical (unpaired) electrons. The summed E-state index contributed by atoms with van der Waals surface area (Å²) in [6.45, 7) is 1.86. The van der Waals surface area contributed by atoms with Crippen LogP contribution in [0.4, 0.5) is 5.69 Å². The zero-order chi connectivity index (χ0) is 13.1. The Morgan fingerprint density at radius 2 is 2.28 bits per heavy atom. The van der Waals surface area contributed by atoms with Gasteiger partial charge in [-0.1, -0.05) is 16.8 Å². The maximum atomic E-state index is 11.8. The van der Waals surface area contributed by atoms with Gasteiger partial charge in [0.1, 0.15) is 0 Å². The molecule has 0 aliphatic carbocycles. The van der Waals surface area contributed by atoms with Crippen LogP contribution in [0, 0.1) is 6.92 Å². The first-order valence-corrected chi connectivity index (χ1v) is 5.56. The van der Waals surface area contributed by atoms with Gasteiger partial charge in [0.05, 0.1) is 6.54 Å². The first-order valence-electron chi connectivity index (χ1n) is 5.18. The summed E-state index contributed by atoms with van der Waals surface area (Å²) < 4.78 is 4.79. The molecule has 1 amide bonds. The fourth-order valence-corrected chi connectivity index (χ4v) is 1.66. The minimum atomic E-state index is -0.299. The first-order chi connectivity index (χ1) is 8.54. The number of anilines is 1. The van der Waals surface area contributed by atoms with Gasteiger partial charge in [-0.2, -0.15) is 4.98 Å². The standard InChI is InChI=1S/C11H11ClN4O2/c1-6-15-10(16-18-6)5-14-11(17)7-2-8(12)4-9(13)3-7/h2-4H,5,13H2,1H3,(H,14,17). The summed E-state index contributed by atoms with van der Waals surface area (Å²) in [6, 6.07) is 4.65. The predicted octanol–water partition coefficient (Wildman–Crippen LogP) is 1.54. The Morgan fingerprint density at radius 1 is 1.50 bits per heavy atom. The minimum Gasteiger partial charge on any atom is -0.399 e. The molecule has 1 heterocycles. The van der Waals surface area contributed by atoms with E-state index in [0.29, 0.717) is 28.0 Å². The number of benzene rings is 1. The Kier molecular flexibility index (Phi) is 3.47. The maximum absolute atomic E-state index is 11.8. The van der Waals surface area contributed by atoms with Crippen LogP contribution in [0.15, 0.2) is 22.7 Å². The van der Waals surface area contributed by atoms with Crippen molar-refractivity contribution in [2.24, 2.45) is 0 Å². The van der Waals surface area contributed by atoms with Crippen LogP contribution >= 0.6 is 11.6 Å². The van der Waals surface area contributed by atoms with E-state index in [1.165, 1.54) is 6.07 Å². The highest BCUT2D eigenvalue weighted by Crippen LogP contribution is 2.16. The number of rotatable bonds is 3. The van der Waals surface area contributed by atoms with Gasteiger partial charge in [-0.3, -0.25) is 4.79 Å². The van der Waals surface area contributed by atoms with Gasteiger partial charge in [0, 0.05) is 23.2 Å². The van der Waals surface area contributed by atoms with Crippen molar-refractivity contribution < 1.29 is 9.32 Å². The summed E-state index contributed by atoms with van der Waals surface area (Å²) in [5.41, 5.74) is 6.43. The van der Waals surface area contributed by atoms with Crippen molar-refractivity contribution in [1.82, 2.24) is 15.5 Å². The van der Waals surface area contributed by atoms with Crippen molar-refractivity contribution in [3.63, 3.8) is 0 Å². The molecule has 6 nitrogen and oxygen atoms in total. The maximum Gasteiger partial charge on any atom is 0.251 e. The molecule has 0 saturated carbocycles. The van der Waals surface area contributed by atoms with Crippen LogP contribution < -0.4 is 11.1 Å². The molecule has 0 unspecified atom stereocenters. The average Bonchev–Trinajstić information content (AvgIpc) is 2.70. The molecule has 0 aliphatic rings. The van der Waals surface area contributed by atoms with E-state index < -0.39 is 0 Å². The lowest BCUT2D eigenvalue weighted by Crippen LogP contribution is -2.23. The topological polar surface area (TPSA) is 94.0 Å². The molecule has 1 aromatic carbocycles. The lowest BCUT2D eigenvalue weighted by Gasteiger charge is -2.04. The van der Waals surface area contributed by atoms with Crippen molar-refractivity contribution >= 4 is 23.2 Å². The van der Waals surface area contributed by atoms with E-state index in [9.17, 15) is 4.79 Å². The molecule has 2 aromatic rings. The van der Waals surface area contributed by atoms with Crippen LogP contribution in [0.5, 0.6) is 0 Å². The van der Waals surface area contributed by atoms with Crippen LogP contribution in [-0.4, -0.2) is 16.0 Å². The van der Waals surface area contributed by atoms with Crippen molar-refractivity contribution in [2.75, 3.05) is 5.73 Å². The molecule has 0 aliphatic heterocycles. The number of carbonyl (C=O) groups excluding carboxylic acids is 1. The molecular formula is C11H11ClN4O2. The molecule has 0 fully saturated rings. The van der Waals surface area contributed by atoms with Gasteiger partial charge in [-0.15, -0.1) is 0 Å². The van der Waals surface area contributed by atoms with Gasteiger partial charge in [0.15, 0.2) is 5.82 Å². The van der Waals surface area contributed by atoms with Gasteiger partial charge in [-0.05, 0) is 18.2 Å². The third-order valence-corrected chi connectivity index (χ3v) is 2.38. The number of amides is 1. The second-order valence-electron chi connectivity index (χ2n) is 3.69. The van der Waals surface area contributed by atoms with E-state index in [1.807, 2.05) is 0 Å². The largest absolute Gasteiger partial charge is 0.399 e. The highest BCUT2D eigenvalue weighted by molar-refractivity contribution is 6.31. The van der Waals surface area contributed by atoms with E-state index in [4.69, 9.17) is 21.9 Å². The quantitative estimate of drug-likeness (QED) is 0.822. The van der Waals surface area contributed by atoms with Crippen molar-refractivity contribution in [3.05, 3.63) is 40.5 Å². The summed E-state index contributed by atoms with van der Waals surface area (Å²) >= 11 is 5.82. The number of hydrogen-bond donors (Lipinski definition) is 2. The summed E-state index contributed by atoms with van der Waals surface area (Å²) in [5, 5.41) is 6.72. The average molecular weight is 267 g/mol. The Labute approximate surface area is 108 Å². The zero-order valence-corrected chi connectivity index (χ0v) is 10.4. The van der Waals surface area contributed by atoms with Crippen LogP contribution in [0.2, 0.25) is 5.02 Å². The number of nitrogens with one attached hydrogen (secondary N) is 1. The van der Waals surface area contributed by atoms with Crippen LogP contribution in [0.1, 0.15) is 22.1 Å². The number of nitrogen functional groups attached to an aromatic ring is 1. The normalized spacial score (nSPS) is 10.3. The monoisotopic (exact) mass is 266 g/mol. The molecule has 3 N–H and O–H groups in total. The molecule has 1 aromatic heterocycles. The molecule has 0 atom stereocenters. The van der Waals surface area contributed by atoms with Crippen LogP contribution in [-0.2, 0) is 6.54 Å². The minimum absolute atomic E-state index is 0.183. The van der Waals surface area contributed by atoms with Gasteiger partial charge >= 0.3 is 0 Å². The Bertz CT molecular complexity index is 562. The molecular weight excluding hydrogens is 256 g/mol. The number of aryl methyl sites for hydroxylation is 1. The van der Waals surface area contributed by atoms with Crippen molar-refractivity contribution in [1.29, 1.82) is 0 Å². The first kappa shape index (κ1) is 12.4. The molecule has 94 valence electrons. The predicted molar refractivity (Wildman–Crippen MR) is 66.1 cm³/mol. The second-order valence-corrected chi connectivity index (χ2v) is 4.12. The summed E-state index contributed by atoms with van der Waals surface area (Å²) in [5.74, 6) is 0.564. The number of halogens is 1. The number of nitrogens with two attached hydrogens (primary N) is 1. The highest BCUT2D eigenvalue weighted by Gasteiger charge is 2.09. The summed E-state index contributed by atoms with van der Waals surface area (Å²) in [4.78, 5) is 15.8. The van der Waals surface area contributed by atoms with Gasteiger partial charge < -0.3 is 15.6 Å². The molecule has 0 bridgehead atoms. The zero-order valence-electron chi connectivity index (χ0n) is 9.61. The van der Waals surface area contributed by atoms with Crippen molar-refractivity contribution in [3.8, 4) is 0 Å². The Balaban J connectivity index is 2.03. The van der Waals surface area contributed by atoms with Gasteiger partial charge in [0.2, 0.25) is 5.89 Å². The SMILES string of the molecule is Cc1nc(CNC(=O)c2cc(N)cc(Cl)c2)no1. The molecule has 2 rings (SSSR count). The molecule has 18 heavy (non-hydrogen) atoms. The summed E-state index contributed by atoms with van der Waals surface area (Å²) in [7, 11) is 0. The molecule has 0 spiro atoms. The van der Waals surface area contributed by atoms with Crippen LogP contribution in [0.3, 0.4) is 0 Å². The third kappa shape index (κ3) is 2.98. The van der Waals surface area contributed by atoms with Gasteiger partial charge in [0.25, 0.3) is 5.91 Å². The van der Waals surface area contributed by atoms with Gasteiger partial charge in [-0.25, -0.2) is 0 Å². The van der Waals surface area contributed by atoms with Crippen LogP contribution in [0.25, 0.3) is 0 Å². The van der Waals surface area contributed by atoms with Crippen molar-refractivity contribution in [2.45, 2.75) is 13.5 Å². The van der Waals surface area contributed by atoms with E-state index in [-0.39, 0.29) is 12.5 Å². The summed E-state index contributed by atoms with van der Waals surface area (Å²) in [6.07, 6.45) is 0. The Morgan fingerprint density at radius 3 is 2.89 bits per heavy atom. The lowest BCUT2D eigenvalue weighted by molar-refractivity contribution is 0.0949. The Hall–Kier alpha value is -2.08.